The number of hydrogen-bond acceptors (Lipinski definition) is 6. The number of hydrogen-bond donors (Lipinski definition) is 1. The molecule has 9 nitrogen and oxygen atoms in total. The minimum atomic E-state index is -3.93. The highest BCUT2D eigenvalue weighted by Crippen LogP contribution is 2.35. The third-order valence-electron chi connectivity index (χ3n) is 4.28. The summed E-state index contributed by atoms with van der Waals surface area (Å²) in [5.74, 6) is -0.227. The number of amides is 1. The number of rotatable bonds is 3. The number of sulfonamides is 1. The first-order valence-electron chi connectivity index (χ1n) is 8.23. The maximum atomic E-state index is 13.5. The number of nitrogens with one attached hydrogen (secondary N) is 1. The molecule has 10 heteroatoms. The van der Waals surface area contributed by atoms with Crippen LogP contribution in [0.15, 0.2) is 59.8 Å². The minimum Gasteiger partial charge on any atom is -0.324 e. The quantitative estimate of drug-likeness (QED) is 0.734. The average Bonchev–Trinajstić information content (AvgIpc) is 3.13. The summed E-state index contributed by atoms with van der Waals surface area (Å²) in [7, 11) is -3.93. The standard InChI is InChI=1S/C17H16N6O3S/c1-12-9-17(24)19-15-7-2-3-8-16(15)23(12)27(25,26)14-6-4-5-13(10-14)22-11-18-20-21-22/h2-8,10-12H,9H2,1H3,(H,19,24)/t12-/m1/s1. The molecule has 0 spiro atoms. The monoisotopic (exact) mass is 384 g/mol. The number of carbonyl (C=O) groups excluding carboxylic acids is 1. The summed E-state index contributed by atoms with van der Waals surface area (Å²) in [6.45, 7) is 1.71. The van der Waals surface area contributed by atoms with Gasteiger partial charge in [-0.2, -0.15) is 0 Å². The van der Waals surface area contributed by atoms with Crippen molar-refractivity contribution in [2.75, 3.05) is 9.62 Å². The van der Waals surface area contributed by atoms with Gasteiger partial charge in [-0.1, -0.05) is 18.2 Å². The zero-order chi connectivity index (χ0) is 19.0. The topological polar surface area (TPSA) is 110 Å². The van der Waals surface area contributed by atoms with Crippen LogP contribution in [-0.2, 0) is 14.8 Å². The Kier molecular flexibility index (Phi) is 4.11. The normalized spacial score (nSPS) is 17.1. The van der Waals surface area contributed by atoms with E-state index in [9.17, 15) is 13.2 Å². The molecule has 1 aliphatic heterocycles. The van der Waals surface area contributed by atoms with Gasteiger partial charge in [0.1, 0.15) is 6.33 Å². The molecule has 0 saturated heterocycles. The van der Waals surface area contributed by atoms with E-state index in [1.165, 1.54) is 27.4 Å². The molecule has 1 aromatic heterocycles. The van der Waals surface area contributed by atoms with Gasteiger partial charge in [0, 0.05) is 6.42 Å². The van der Waals surface area contributed by atoms with Crippen molar-refractivity contribution in [1.29, 1.82) is 0 Å². The van der Waals surface area contributed by atoms with Crippen molar-refractivity contribution in [2.24, 2.45) is 0 Å². The van der Waals surface area contributed by atoms with Crippen molar-refractivity contribution in [3.05, 3.63) is 54.9 Å². The molecule has 0 fully saturated rings. The summed E-state index contributed by atoms with van der Waals surface area (Å²) in [5.41, 5.74) is 1.42. The van der Waals surface area contributed by atoms with Crippen LogP contribution in [0.5, 0.6) is 0 Å². The number of tetrazole rings is 1. The Hall–Kier alpha value is -3.27. The number of carbonyl (C=O) groups is 1. The Bertz CT molecular complexity index is 1100. The lowest BCUT2D eigenvalue weighted by molar-refractivity contribution is -0.116. The van der Waals surface area contributed by atoms with Crippen LogP contribution in [0.25, 0.3) is 5.69 Å². The van der Waals surface area contributed by atoms with E-state index in [1.807, 2.05) is 0 Å². The Morgan fingerprint density at radius 3 is 2.74 bits per heavy atom. The molecule has 2 aromatic carbocycles. The van der Waals surface area contributed by atoms with Crippen molar-refractivity contribution in [3.63, 3.8) is 0 Å². The fourth-order valence-corrected chi connectivity index (χ4v) is 4.82. The molecule has 1 N–H and O–H groups in total. The summed E-state index contributed by atoms with van der Waals surface area (Å²) >= 11 is 0. The van der Waals surface area contributed by atoms with Crippen LogP contribution in [0.4, 0.5) is 11.4 Å². The largest absolute Gasteiger partial charge is 0.324 e. The summed E-state index contributed by atoms with van der Waals surface area (Å²) in [4.78, 5) is 12.2. The van der Waals surface area contributed by atoms with Crippen LogP contribution < -0.4 is 9.62 Å². The lowest BCUT2D eigenvalue weighted by atomic mass is 10.2. The number of nitrogens with zero attached hydrogens (tertiary/aromatic N) is 5. The average molecular weight is 384 g/mol. The summed E-state index contributed by atoms with van der Waals surface area (Å²) in [6.07, 6.45) is 1.44. The highest BCUT2D eigenvalue weighted by atomic mass is 32.2. The second-order valence-corrected chi connectivity index (χ2v) is 7.99. The first kappa shape index (κ1) is 17.2. The molecule has 1 amide bonds. The van der Waals surface area contributed by atoms with Crippen LogP contribution in [0.3, 0.4) is 0 Å². The van der Waals surface area contributed by atoms with E-state index in [1.54, 1.807) is 43.3 Å². The molecule has 0 bridgehead atoms. The van der Waals surface area contributed by atoms with E-state index < -0.39 is 16.1 Å². The summed E-state index contributed by atoms with van der Waals surface area (Å²) in [6, 6.07) is 12.7. The summed E-state index contributed by atoms with van der Waals surface area (Å²) < 4.78 is 29.6. The lowest BCUT2D eigenvalue weighted by Gasteiger charge is -2.29. The van der Waals surface area contributed by atoms with Crippen LogP contribution in [0.2, 0.25) is 0 Å². The number of benzene rings is 2. The minimum absolute atomic E-state index is 0.0561. The van der Waals surface area contributed by atoms with E-state index in [0.29, 0.717) is 17.1 Å². The number of fused-ring (bicyclic) bond motifs is 1. The third kappa shape index (κ3) is 3.04. The highest BCUT2D eigenvalue weighted by Gasteiger charge is 2.34. The van der Waals surface area contributed by atoms with Crippen molar-refractivity contribution in [2.45, 2.75) is 24.3 Å². The van der Waals surface area contributed by atoms with Crippen molar-refractivity contribution in [1.82, 2.24) is 20.2 Å². The van der Waals surface area contributed by atoms with Gasteiger partial charge in [0.15, 0.2) is 0 Å². The van der Waals surface area contributed by atoms with Crippen LogP contribution >= 0.6 is 0 Å². The summed E-state index contributed by atoms with van der Waals surface area (Å²) in [5, 5.41) is 13.7. The molecule has 27 heavy (non-hydrogen) atoms. The molecule has 0 saturated carbocycles. The number of para-hydroxylation sites is 2. The van der Waals surface area contributed by atoms with Gasteiger partial charge < -0.3 is 5.32 Å². The van der Waals surface area contributed by atoms with Gasteiger partial charge in [0.2, 0.25) is 5.91 Å². The van der Waals surface area contributed by atoms with E-state index in [2.05, 4.69) is 20.8 Å². The Morgan fingerprint density at radius 1 is 1.15 bits per heavy atom. The van der Waals surface area contributed by atoms with E-state index in [4.69, 9.17) is 0 Å². The predicted molar refractivity (Wildman–Crippen MR) is 98.0 cm³/mol. The van der Waals surface area contributed by atoms with Gasteiger partial charge in [-0.25, -0.2) is 13.1 Å². The Morgan fingerprint density at radius 2 is 1.96 bits per heavy atom. The van der Waals surface area contributed by atoms with Gasteiger partial charge in [-0.15, -0.1) is 5.10 Å². The molecule has 3 aromatic rings. The fourth-order valence-electron chi connectivity index (χ4n) is 3.11. The molecule has 2 heterocycles. The molecule has 0 radical (unpaired) electrons. The van der Waals surface area contributed by atoms with Gasteiger partial charge >= 0.3 is 0 Å². The Labute approximate surface area is 155 Å². The van der Waals surface area contributed by atoms with Crippen molar-refractivity contribution in [3.8, 4) is 5.69 Å². The van der Waals surface area contributed by atoms with E-state index in [-0.39, 0.29) is 17.2 Å². The zero-order valence-electron chi connectivity index (χ0n) is 14.3. The van der Waals surface area contributed by atoms with Crippen molar-refractivity contribution < 1.29 is 13.2 Å². The molecule has 1 aliphatic rings. The van der Waals surface area contributed by atoms with E-state index in [0.717, 1.165) is 0 Å². The smallest absolute Gasteiger partial charge is 0.264 e. The van der Waals surface area contributed by atoms with Gasteiger partial charge in [-0.3, -0.25) is 9.10 Å². The molecule has 0 unspecified atom stereocenters. The first-order valence-corrected chi connectivity index (χ1v) is 9.67. The van der Waals surface area contributed by atoms with Crippen molar-refractivity contribution >= 4 is 27.3 Å². The van der Waals surface area contributed by atoms with Crippen LogP contribution in [-0.4, -0.2) is 40.6 Å². The lowest BCUT2D eigenvalue weighted by Crippen LogP contribution is -2.39. The maximum absolute atomic E-state index is 13.5. The molecule has 4 rings (SSSR count). The zero-order valence-corrected chi connectivity index (χ0v) is 15.2. The van der Waals surface area contributed by atoms with Gasteiger partial charge in [-0.05, 0) is 47.7 Å². The van der Waals surface area contributed by atoms with Crippen LogP contribution in [0, 0.1) is 0 Å². The maximum Gasteiger partial charge on any atom is 0.264 e. The second kappa shape index (κ2) is 6.47. The molecular formula is C17H16N6O3S. The molecule has 138 valence electrons. The van der Waals surface area contributed by atoms with Gasteiger partial charge in [0.25, 0.3) is 10.0 Å². The number of aromatic nitrogens is 4. The third-order valence-corrected chi connectivity index (χ3v) is 6.21. The predicted octanol–water partition coefficient (Wildman–Crippen LogP) is 1.59. The fraction of sp³-hybridized carbons (Fsp3) is 0.176. The van der Waals surface area contributed by atoms with Gasteiger partial charge in [0.05, 0.1) is 28.0 Å². The molecular weight excluding hydrogens is 368 g/mol. The first-order chi connectivity index (χ1) is 13.0. The SMILES string of the molecule is C[C@@H]1CC(=O)Nc2ccccc2N1S(=O)(=O)c1cccc(-n2cnnn2)c1. The molecule has 0 aliphatic carbocycles. The Balaban J connectivity index is 1.84. The second-order valence-electron chi connectivity index (χ2n) is 6.17. The molecule has 1 atom stereocenters. The van der Waals surface area contributed by atoms with Crippen LogP contribution in [0.1, 0.15) is 13.3 Å². The number of anilines is 2. The highest BCUT2D eigenvalue weighted by molar-refractivity contribution is 7.92. The van der Waals surface area contributed by atoms with E-state index >= 15 is 0 Å².